The third-order valence-electron chi connectivity index (χ3n) is 2.84. The highest BCUT2D eigenvalue weighted by molar-refractivity contribution is 9.10. The quantitative estimate of drug-likeness (QED) is 0.887. The lowest BCUT2D eigenvalue weighted by Crippen LogP contribution is -2.22. The van der Waals surface area contributed by atoms with Gasteiger partial charge in [0.25, 0.3) is 0 Å². The van der Waals surface area contributed by atoms with Gasteiger partial charge >= 0.3 is 0 Å². The Morgan fingerprint density at radius 1 is 1.20 bits per heavy atom. The lowest BCUT2D eigenvalue weighted by atomic mass is 10.2. The normalized spacial score (nSPS) is 10.2. The van der Waals surface area contributed by atoms with Crippen molar-refractivity contribution in [3.8, 4) is 0 Å². The fourth-order valence-electron chi connectivity index (χ4n) is 1.71. The van der Waals surface area contributed by atoms with Gasteiger partial charge in [-0.1, -0.05) is 22.0 Å². The highest BCUT2D eigenvalue weighted by atomic mass is 79.9. The predicted octanol–water partition coefficient (Wildman–Crippen LogP) is 3.95. The molecular weight excluding hydrogens is 323 g/mol. The van der Waals surface area contributed by atoms with E-state index in [0.717, 1.165) is 10.2 Å². The first-order chi connectivity index (χ1) is 9.56. The number of halogens is 2. The number of carbonyl (C=O) groups excluding carboxylic acids is 1. The highest BCUT2D eigenvalue weighted by Gasteiger charge is 2.06. The minimum absolute atomic E-state index is 0.0837. The van der Waals surface area contributed by atoms with E-state index in [1.165, 1.54) is 6.07 Å². The van der Waals surface area contributed by atoms with Gasteiger partial charge in [-0.25, -0.2) is 4.39 Å². The SMILES string of the molecule is Cc1c(F)cccc1NCC(=O)Nc1ccc(Br)cc1. The summed E-state index contributed by atoms with van der Waals surface area (Å²) in [5, 5.41) is 5.68. The molecule has 2 aromatic carbocycles. The van der Waals surface area contributed by atoms with E-state index in [1.807, 2.05) is 12.1 Å². The second-order valence-electron chi connectivity index (χ2n) is 4.32. The lowest BCUT2D eigenvalue weighted by molar-refractivity contribution is -0.114. The second-order valence-corrected chi connectivity index (χ2v) is 5.24. The molecule has 0 aliphatic carbocycles. The summed E-state index contributed by atoms with van der Waals surface area (Å²) < 4.78 is 14.3. The van der Waals surface area contributed by atoms with Crippen LogP contribution in [-0.2, 0) is 4.79 Å². The molecule has 0 spiro atoms. The Kier molecular flexibility index (Phi) is 4.74. The fraction of sp³-hybridized carbons (Fsp3) is 0.133. The van der Waals surface area contributed by atoms with E-state index in [4.69, 9.17) is 0 Å². The van der Waals surface area contributed by atoms with Gasteiger partial charge in [0.2, 0.25) is 5.91 Å². The van der Waals surface area contributed by atoms with Gasteiger partial charge in [-0.05, 0) is 43.3 Å². The van der Waals surface area contributed by atoms with E-state index in [-0.39, 0.29) is 18.3 Å². The third kappa shape index (κ3) is 3.81. The van der Waals surface area contributed by atoms with Gasteiger partial charge in [0.05, 0.1) is 6.54 Å². The maximum atomic E-state index is 13.3. The zero-order chi connectivity index (χ0) is 14.5. The molecule has 0 unspecified atom stereocenters. The number of rotatable bonds is 4. The largest absolute Gasteiger partial charge is 0.376 e. The first kappa shape index (κ1) is 14.5. The van der Waals surface area contributed by atoms with Gasteiger partial charge in [-0.2, -0.15) is 0 Å². The molecule has 0 aliphatic heterocycles. The van der Waals surface area contributed by atoms with E-state index in [9.17, 15) is 9.18 Å². The molecule has 0 heterocycles. The Balaban J connectivity index is 1.92. The van der Waals surface area contributed by atoms with Crippen molar-refractivity contribution in [2.24, 2.45) is 0 Å². The summed E-state index contributed by atoms with van der Waals surface area (Å²) in [5.74, 6) is -0.473. The van der Waals surface area contributed by atoms with Gasteiger partial charge in [0, 0.05) is 21.4 Å². The van der Waals surface area contributed by atoms with Crippen molar-refractivity contribution in [3.05, 3.63) is 58.3 Å². The van der Waals surface area contributed by atoms with Gasteiger partial charge in [0.15, 0.2) is 0 Å². The van der Waals surface area contributed by atoms with Crippen LogP contribution in [0.5, 0.6) is 0 Å². The fourth-order valence-corrected chi connectivity index (χ4v) is 1.98. The molecule has 0 aromatic heterocycles. The van der Waals surface area contributed by atoms with Crippen molar-refractivity contribution in [3.63, 3.8) is 0 Å². The molecule has 104 valence electrons. The summed E-state index contributed by atoms with van der Waals surface area (Å²) >= 11 is 3.33. The number of nitrogens with one attached hydrogen (secondary N) is 2. The zero-order valence-electron chi connectivity index (χ0n) is 10.9. The third-order valence-corrected chi connectivity index (χ3v) is 3.36. The van der Waals surface area contributed by atoms with Crippen LogP contribution in [0.2, 0.25) is 0 Å². The molecule has 5 heteroatoms. The number of hydrogen-bond acceptors (Lipinski definition) is 2. The van der Waals surface area contributed by atoms with Crippen LogP contribution in [0.3, 0.4) is 0 Å². The van der Waals surface area contributed by atoms with Crippen molar-refractivity contribution < 1.29 is 9.18 Å². The van der Waals surface area contributed by atoms with Crippen molar-refractivity contribution in [2.45, 2.75) is 6.92 Å². The van der Waals surface area contributed by atoms with E-state index in [2.05, 4.69) is 26.6 Å². The Morgan fingerprint density at radius 2 is 1.90 bits per heavy atom. The van der Waals surface area contributed by atoms with Crippen molar-refractivity contribution in [1.82, 2.24) is 0 Å². The average molecular weight is 337 g/mol. The Morgan fingerprint density at radius 3 is 2.60 bits per heavy atom. The summed E-state index contributed by atoms with van der Waals surface area (Å²) in [6, 6.07) is 12.0. The maximum absolute atomic E-state index is 13.3. The van der Waals surface area contributed by atoms with Crippen molar-refractivity contribution in [1.29, 1.82) is 0 Å². The maximum Gasteiger partial charge on any atom is 0.243 e. The summed E-state index contributed by atoms with van der Waals surface area (Å²) in [6.45, 7) is 1.75. The van der Waals surface area contributed by atoms with Crippen LogP contribution in [0.25, 0.3) is 0 Å². The standard InChI is InChI=1S/C15H14BrFN2O/c1-10-13(17)3-2-4-14(10)18-9-15(20)19-12-7-5-11(16)6-8-12/h2-8,18H,9H2,1H3,(H,19,20). The van der Waals surface area contributed by atoms with Crippen LogP contribution in [0.1, 0.15) is 5.56 Å². The number of benzene rings is 2. The Bertz CT molecular complexity index is 614. The van der Waals surface area contributed by atoms with Crippen molar-refractivity contribution >= 4 is 33.2 Å². The molecule has 0 bridgehead atoms. The molecule has 0 saturated heterocycles. The van der Waals surface area contributed by atoms with Crippen LogP contribution >= 0.6 is 15.9 Å². The Hall–Kier alpha value is -1.88. The molecule has 0 atom stereocenters. The monoisotopic (exact) mass is 336 g/mol. The van der Waals surface area contributed by atoms with Crippen molar-refractivity contribution in [2.75, 3.05) is 17.2 Å². The van der Waals surface area contributed by atoms with Crippen LogP contribution in [0, 0.1) is 12.7 Å². The number of anilines is 2. The topological polar surface area (TPSA) is 41.1 Å². The molecule has 2 N–H and O–H groups in total. The number of hydrogen-bond donors (Lipinski definition) is 2. The highest BCUT2D eigenvalue weighted by Crippen LogP contribution is 2.17. The van der Waals surface area contributed by atoms with Gasteiger partial charge in [-0.15, -0.1) is 0 Å². The summed E-state index contributed by atoms with van der Waals surface area (Å²) in [4.78, 5) is 11.8. The molecule has 1 amide bonds. The lowest BCUT2D eigenvalue weighted by Gasteiger charge is -2.10. The molecule has 20 heavy (non-hydrogen) atoms. The molecule has 0 saturated carbocycles. The summed E-state index contributed by atoms with van der Waals surface area (Å²) in [6.07, 6.45) is 0. The first-order valence-electron chi connectivity index (χ1n) is 6.10. The van der Waals surface area contributed by atoms with E-state index in [1.54, 1.807) is 31.2 Å². The number of amides is 1. The minimum atomic E-state index is -0.289. The van der Waals surface area contributed by atoms with E-state index < -0.39 is 0 Å². The van der Waals surface area contributed by atoms with Gasteiger partial charge in [-0.3, -0.25) is 4.79 Å². The van der Waals surface area contributed by atoms with Crippen LogP contribution in [0.4, 0.5) is 15.8 Å². The Labute approximate surface area is 125 Å². The summed E-state index contributed by atoms with van der Waals surface area (Å²) in [5.41, 5.74) is 1.84. The zero-order valence-corrected chi connectivity index (χ0v) is 12.5. The van der Waals surface area contributed by atoms with Gasteiger partial charge < -0.3 is 10.6 Å². The summed E-state index contributed by atoms with van der Waals surface area (Å²) in [7, 11) is 0. The molecular formula is C15H14BrFN2O. The molecule has 0 radical (unpaired) electrons. The molecule has 0 aliphatic rings. The van der Waals surface area contributed by atoms with E-state index in [0.29, 0.717) is 11.3 Å². The minimum Gasteiger partial charge on any atom is -0.376 e. The predicted molar refractivity (Wildman–Crippen MR) is 82.4 cm³/mol. The number of carbonyl (C=O) groups is 1. The van der Waals surface area contributed by atoms with Crippen LogP contribution in [0.15, 0.2) is 46.9 Å². The average Bonchev–Trinajstić information content (AvgIpc) is 2.43. The van der Waals surface area contributed by atoms with E-state index >= 15 is 0 Å². The molecule has 0 fully saturated rings. The second kappa shape index (κ2) is 6.52. The van der Waals surface area contributed by atoms with Gasteiger partial charge in [0.1, 0.15) is 5.82 Å². The first-order valence-corrected chi connectivity index (χ1v) is 6.90. The molecule has 2 aromatic rings. The molecule has 2 rings (SSSR count). The van der Waals surface area contributed by atoms with Crippen LogP contribution < -0.4 is 10.6 Å². The van der Waals surface area contributed by atoms with Crippen LogP contribution in [-0.4, -0.2) is 12.5 Å². The smallest absolute Gasteiger partial charge is 0.243 e. The molecule has 3 nitrogen and oxygen atoms in total.